The third-order valence-corrected chi connectivity index (χ3v) is 4.89. The van der Waals surface area contributed by atoms with Gasteiger partial charge in [-0.15, -0.1) is 22.9 Å². The second-order valence-corrected chi connectivity index (χ2v) is 5.74. The van der Waals surface area contributed by atoms with Crippen LogP contribution in [0, 0.1) is 0 Å². The molecule has 0 fully saturated rings. The molecular formula is C14H14Cl2O3S. The molecule has 1 unspecified atom stereocenters. The summed E-state index contributed by atoms with van der Waals surface area (Å²) in [6.07, 6.45) is 0. The highest BCUT2D eigenvalue weighted by Crippen LogP contribution is 2.44. The molecule has 108 valence electrons. The molecule has 0 spiro atoms. The molecule has 1 heterocycles. The second-order valence-electron chi connectivity index (χ2n) is 3.94. The smallest absolute Gasteiger partial charge is 0.164 e. The van der Waals surface area contributed by atoms with E-state index in [1.165, 1.54) is 11.3 Å². The lowest BCUT2D eigenvalue weighted by atomic mass is 10.1. The fourth-order valence-corrected chi connectivity index (χ4v) is 3.53. The summed E-state index contributed by atoms with van der Waals surface area (Å²) in [5, 5.41) is 2.14. The molecular weight excluding hydrogens is 319 g/mol. The van der Waals surface area contributed by atoms with E-state index in [9.17, 15) is 0 Å². The van der Waals surface area contributed by atoms with Gasteiger partial charge in [0.25, 0.3) is 0 Å². The van der Waals surface area contributed by atoms with E-state index in [1.807, 2.05) is 17.5 Å². The molecule has 2 aromatic rings. The largest absolute Gasteiger partial charge is 0.496 e. The Hall–Kier alpha value is -1.10. The molecule has 0 aliphatic rings. The first-order chi connectivity index (χ1) is 9.62. The molecule has 2 rings (SSSR count). The van der Waals surface area contributed by atoms with Crippen LogP contribution in [0.3, 0.4) is 0 Å². The van der Waals surface area contributed by atoms with Crippen LogP contribution in [0.25, 0.3) is 0 Å². The van der Waals surface area contributed by atoms with Crippen molar-refractivity contribution < 1.29 is 14.2 Å². The molecule has 0 aliphatic carbocycles. The summed E-state index contributed by atoms with van der Waals surface area (Å²) in [7, 11) is 4.74. The van der Waals surface area contributed by atoms with Crippen LogP contribution in [0.2, 0.25) is 5.02 Å². The Kier molecular flexibility index (Phi) is 5.02. The van der Waals surface area contributed by atoms with E-state index in [2.05, 4.69) is 0 Å². The van der Waals surface area contributed by atoms with Crippen LogP contribution in [-0.2, 0) is 0 Å². The number of hydrogen-bond acceptors (Lipinski definition) is 4. The van der Waals surface area contributed by atoms with Gasteiger partial charge in [-0.05, 0) is 17.5 Å². The first-order valence-electron chi connectivity index (χ1n) is 5.79. The number of thiophene rings is 1. The van der Waals surface area contributed by atoms with Crippen LogP contribution < -0.4 is 14.2 Å². The molecule has 1 aromatic carbocycles. The van der Waals surface area contributed by atoms with E-state index in [0.717, 1.165) is 10.4 Å². The Morgan fingerprint density at radius 3 is 2.10 bits per heavy atom. The molecule has 0 radical (unpaired) electrons. The topological polar surface area (TPSA) is 27.7 Å². The summed E-state index contributed by atoms with van der Waals surface area (Å²) >= 11 is 14.2. The van der Waals surface area contributed by atoms with Gasteiger partial charge in [0.15, 0.2) is 11.5 Å². The number of hydrogen-bond donors (Lipinski definition) is 0. The Morgan fingerprint density at radius 2 is 1.60 bits per heavy atom. The fourth-order valence-electron chi connectivity index (χ4n) is 1.88. The predicted octanol–water partition coefficient (Wildman–Crippen LogP) is 4.76. The highest BCUT2D eigenvalue weighted by molar-refractivity contribution is 7.11. The molecule has 0 aliphatic heterocycles. The molecule has 3 nitrogen and oxygen atoms in total. The summed E-state index contributed by atoms with van der Waals surface area (Å²) < 4.78 is 15.9. The number of methoxy groups -OCH3 is 3. The van der Waals surface area contributed by atoms with Crippen molar-refractivity contribution in [3.8, 4) is 17.2 Å². The van der Waals surface area contributed by atoms with Crippen molar-refractivity contribution in [1.82, 2.24) is 0 Å². The molecule has 1 aromatic heterocycles. The van der Waals surface area contributed by atoms with E-state index >= 15 is 0 Å². The summed E-state index contributed by atoms with van der Waals surface area (Å²) in [5.74, 6) is 1.82. The normalized spacial score (nSPS) is 12.1. The lowest BCUT2D eigenvalue weighted by Gasteiger charge is -2.17. The van der Waals surface area contributed by atoms with Crippen LogP contribution in [0.1, 0.15) is 15.8 Å². The minimum Gasteiger partial charge on any atom is -0.496 e. The zero-order valence-corrected chi connectivity index (χ0v) is 13.6. The molecule has 0 saturated carbocycles. The van der Waals surface area contributed by atoms with Gasteiger partial charge in [0.2, 0.25) is 0 Å². The van der Waals surface area contributed by atoms with Crippen LogP contribution in [0.5, 0.6) is 17.2 Å². The van der Waals surface area contributed by atoms with E-state index in [4.69, 9.17) is 37.4 Å². The van der Waals surface area contributed by atoms with E-state index in [1.54, 1.807) is 27.4 Å². The standard InChI is InChI=1S/C14H14Cl2O3S/c1-17-10-7-12(19-3)11(18-2)6-8(10)13(16)14-9(15)4-5-20-14/h4-7,13H,1-3H3. The Balaban J connectivity index is 2.52. The van der Waals surface area contributed by atoms with E-state index in [-0.39, 0.29) is 0 Å². The number of benzene rings is 1. The second kappa shape index (κ2) is 6.57. The summed E-state index contributed by atoms with van der Waals surface area (Å²) in [5.41, 5.74) is 0.788. The van der Waals surface area contributed by atoms with E-state index < -0.39 is 5.38 Å². The van der Waals surface area contributed by atoms with Gasteiger partial charge in [-0.1, -0.05) is 11.6 Å². The van der Waals surface area contributed by atoms with Crippen molar-refractivity contribution in [1.29, 1.82) is 0 Å². The summed E-state index contributed by atoms with van der Waals surface area (Å²) in [6, 6.07) is 5.39. The summed E-state index contributed by atoms with van der Waals surface area (Å²) in [6.45, 7) is 0. The first kappa shape index (κ1) is 15.3. The van der Waals surface area contributed by atoms with Crippen molar-refractivity contribution >= 4 is 34.5 Å². The first-order valence-corrected chi connectivity index (χ1v) is 7.48. The fraction of sp³-hybridized carbons (Fsp3) is 0.286. The number of ether oxygens (including phenoxy) is 3. The van der Waals surface area contributed by atoms with Crippen LogP contribution in [-0.4, -0.2) is 21.3 Å². The van der Waals surface area contributed by atoms with Gasteiger partial charge in [0.05, 0.1) is 31.7 Å². The highest BCUT2D eigenvalue weighted by Gasteiger charge is 2.22. The molecule has 6 heteroatoms. The molecule has 0 bridgehead atoms. The van der Waals surface area contributed by atoms with Gasteiger partial charge in [-0.3, -0.25) is 0 Å². The maximum absolute atomic E-state index is 6.54. The average Bonchev–Trinajstić information content (AvgIpc) is 2.91. The Bertz CT molecular complexity index is 598. The van der Waals surface area contributed by atoms with Crippen molar-refractivity contribution in [2.24, 2.45) is 0 Å². The van der Waals surface area contributed by atoms with E-state index in [0.29, 0.717) is 22.3 Å². The lowest BCUT2D eigenvalue weighted by Crippen LogP contribution is -1.99. The molecule has 20 heavy (non-hydrogen) atoms. The van der Waals surface area contributed by atoms with Crippen LogP contribution in [0.15, 0.2) is 23.6 Å². The van der Waals surface area contributed by atoms with Crippen molar-refractivity contribution in [3.63, 3.8) is 0 Å². The maximum atomic E-state index is 6.54. The zero-order valence-electron chi connectivity index (χ0n) is 11.3. The number of alkyl halides is 1. The SMILES string of the molecule is COc1cc(OC)c(C(Cl)c2sccc2Cl)cc1OC. The van der Waals surface area contributed by atoms with Crippen molar-refractivity contribution in [3.05, 3.63) is 39.0 Å². The Labute approximate surface area is 132 Å². The maximum Gasteiger partial charge on any atom is 0.164 e. The minimum atomic E-state index is -0.405. The van der Waals surface area contributed by atoms with Crippen molar-refractivity contribution in [2.75, 3.05) is 21.3 Å². The Morgan fingerprint density at radius 1 is 1.00 bits per heavy atom. The quantitative estimate of drug-likeness (QED) is 0.739. The van der Waals surface area contributed by atoms with Gasteiger partial charge in [0, 0.05) is 16.5 Å². The molecule has 0 amide bonds. The molecule has 0 N–H and O–H groups in total. The molecule has 1 atom stereocenters. The molecule has 0 saturated heterocycles. The van der Waals surface area contributed by atoms with Crippen LogP contribution >= 0.6 is 34.5 Å². The number of halogens is 2. The lowest BCUT2D eigenvalue weighted by molar-refractivity contribution is 0.347. The van der Waals surface area contributed by atoms with Gasteiger partial charge in [-0.25, -0.2) is 0 Å². The van der Waals surface area contributed by atoms with Gasteiger partial charge < -0.3 is 14.2 Å². The highest BCUT2D eigenvalue weighted by atomic mass is 35.5. The summed E-state index contributed by atoms with van der Waals surface area (Å²) in [4.78, 5) is 0.874. The van der Waals surface area contributed by atoms with Gasteiger partial charge in [-0.2, -0.15) is 0 Å². The van der Waals surface area contributed by atoms with Crippen molar-refractivity contribution in [2.45, 2.75) is 5.38 Å². The average molecular weight is 333 g/mol. The van der Waals surface area contributed by atoms with Crippen LogP contribution in [0.4, 0.5) is 0 Å². The third-order valence-electron chi connectivity index (χ3n) is 2.88. The van der Waals surface area contributed by atoms with Gasteiger partial charge >= 0.3 is 0 Å². The zero-order chi connectivity index (χ0) is 14.7. The minimum absolute atomic E-state index is 0.405. The number of rotatable bonds is 5. The predicted molar refractivity (Wildman–Crippen MR) is 83.1 cm³/mol. The van der Waals surface area contributed by atoms with Gasteiger partial charge in [0.1, 0.15) is 5.75 Å². The monoisotopic (exact) mass is 332 g/mol. The third kappa shape index (κ3) is 2.82.